The third kappa shape index (κ3) is 2.04. The summed E-state index contributed by atoms with van der Waals surface area (Å²) in [4.78, 5) is 0. The zero-order valence-electron chi connectivity index (χ0n) is 8.26. The molecule has 3 heteroatoms. The summed E-state index contributed by atoms with van der Waals surface area (Å²) in [5, 5.41) is 3.27. The first-order chi connectivity index (χ1) is 6.63. The molecule has 1 fully saturated rings. The van der Waals surface area contributed by atoms with Gasteiger partial charge in [-0.15, -0.1) is 0 Å². The van der Waals surface area contributed by atoms with Crippen LogP contribution in [0.1, 0.15) is 18.4 Å². The summed E-state index contributed by atoms with van der Waals surface area (Å²) in [6.45, 7) is 1.89. The molecule has 0 spiro atoms. The minimum absolute atomic E-state index is 0.184. The molecule has 1 saturated carbocycles. The number of hydrogen-bond donors (Lipinski definition) is 2. The lowest BCUT2D eigenvalue weighted by Gasteiger charge is -2.33. The molecule has 0 aromatic heterocycles. The van der Waals surface area contributed by atoms with Crippen LogP contribution in [-0.4, -0.2) is 12.1 Å². The van der Waals surface area contributed by atoms with E-state index in [0.717, 1.165) is 24.1 Å². The van der Waals surface area contributed by atoms with Crippen molar-refractivity contribution in [2.24, 2.45) is 5.73 Å². The molecule has 0 aliphatic heterocycles. The Morgan fingerprint density at radius 3 is 2.64 bits per heavy atom. The van der Waals surface area contributed by atoms with Crippen molar-refractivity contribution in [1.29, 1.82) is 0 Å². The van der Waals surface area contributed by atoms with Crippen molar-refractivity contribution in [3.63, 3.8) is 0 Å². The van der Waals surface area contributed by atoms with E-state index in [1.807, 2.05) is 13.0 Å². The fourth-order valence-corrected chi connectivity index (χ4v) is 1.84. The number of hydrogen-bond acceptors (Lipinski definition) is 2. The summed E-state index contributed by atoms with van der Waals surface area (Å²) >= 11 is 0. The quantitative estimate of drug-likeness (QED) is 0.756. The lowest BCUT2D eigenvalue weighted by atomic mass is 9.87. The molecule has 0 unspecified atom stereocenters. The molecule has 0 bridgehead atoms. The molecule has 0 atom stereocenters. The fourth-order valence-electron chi connectivity index (χ4n) is 1.84. The standard InChI is InChI=1S/C11H15FN2/c1-7-2-8(12)4-10(3-7)14-11-5-9(13)6-11/h2-4,9,11,14H,5-6,13H2,1H3. The van der Waals surface area contributed by atoms with Crippen molar-refractivity contribution in [1.82, 2.24) is 0 Å². The van der Waals surface area contributed by atoms with Crippen LogP contribution in [0.25, 0.3) is 0 Å². The number of halogens is 1. The average Bonchev–Trinajstić information content (AvgIpc) is 1.99. The Morgan fingerprint density at radius 1 is 1.36 bits per heavy atom. The van der Waals surface area contributed by atoms with Crippen LogP contribution in [0.5, 0.6) is 0 Å². The number of benzene rings is 1. The minimum Gasteiger partial charge on any atom is -0.382 e. The van der Waals surface area contributed by atoms with Crippen molar-refractivity contribution in [3.05, 3.63) is 29.6 Å². The zero-order valence-corrected chi connectivity index (χ0v) is 8.26. The number of nitrogens with two attached hydrogens (primary N) is 1. The maximum Gasteiger partial charge on any atom is 0.125 e. The second-order valence-electron chi connectivity index (χ2n) is 4.09. The van der Waals surface area contributed by atoms with E-state index in [1.54, 1.807) is 0 Å². The van der Waals surface area contributed by atoms with E-state index in [-0.39, 0.29) is 5.82 Å². The first-order valence-corrected chi connectivity index (χ1v) is 4.93. The predicted octanol–water partition coefficient (Wildman–Crippen LogP) is 2.04. The van der Waals surface area contributed by atoms with Gasteiger partial charge in [-0.25, -0.2) is 4.39 Å². The van der Waals surface area contributed by atoms with Crippen molar-refractivity contribution in [2.75, 3.05) is 5.32 Å². The van der Waals surface area contributed by atoms with Gasteiger partial charge in [0.2, 0.25) is 0 Å². The number of aryl methyl sites for hydroxylation is 1. The van der Waals surface area contributed by atoms with E-state index in [4.69, 9.17) is 5.73 Å². The maximum absolute atomic E-state index is 13.0. The molecule has 2 rings (SSSR count). The topological polar surface area (TPSA) is 38.0 Å². The molecular formula is C11H15FN2. The van der Waals surface area contributed by atoms with Gasteiger partial charge in [0.15, 0.2) is 0 Å². The van der Waals surface area contributed by atoms with Gasteiger partial charge < -0.3 is 11.1 Å². The highest BCUT2D eigenvalue weighted by molar-refractivity contribution is 5.47. The van der Waals surface area contributed by atoms with E-state index in [9.17, 15) is 4.39 Å². The van der Waals surface area contributed by atoms with Gasteiger partial charge in [0.05, 0.1) is 0 Å². The van der Waals surface area contributed by atoms with E-state index in [1.165, 1.54) is 12.1 Å². The Morgan fingerprint density at radius 2 is 2.07 bits per heavy atom. The molecule has 0 saturated heterocycles. The molecule has 3 N–H and O–H groups in total. The molecule has 14 heavy (non-hydrogen) atoms. The Bertz CT molecular complexity index is 312. The first kappa shape index (κ1) is 9.46. The highest BCUT2D eigenvalue weighted by Crippen LogP contribution is 2.23. The van der Waals surface area contributed by atoms with Gasteiger partial charge in [-0.2, -0.15) is 0 Å². The summed E-state index contributed by atoms with van der Waals surface area (Å²) in [5.41, 5.74) is 7.47. The first-order valence-electron chi connectivity index (χ1n) is 4.93. The largest absolute Gasteiger partial charge is 0.382 e. The SMILES string of the molecule is Cc1cc(F)cc(NC2CC(N)C2)c1. The van der Waals surface area contributed by atoms with Crippen molar-refractivity contribution in [2.45, 2.75) is 31.8 Å². The molecule has 0 radical (unpaired) electrons. The Labute approximate surface area is 83.3 Å². The van der Waals surface area contributed by atoms with Gasteiger partial charge in [0, 0.05) is 17.8 Å². The average molecular weight is 194 g/mol. The van der Waals surface area contributed by atoms with Crippen LogP contribution >= 0.6 is 0 Å². The van der Waals surface area contributed by atoms with Crippen molar-refractivity contribution in [3.8, 4) is 0 Å². The summed E-state index contributed by atoms with van der Waals surface area (Å²) < 4.78 is 13.0. The molecule has 1 aliphatic carbocycles. The normalized spacial score (nSPS) is 25.6. The van der Waals surface area contributed by atoms with Crippen LogP contribution in [0.3, 0.4) is 0 Å². The van der Waals surface area contributed by atoms with E-state index in [2.05, 4.69) is 5.32 Å². The van der Waals surface area contributed by atoms with E-state index in [0.29, 0.717) is 12.1 Å². The molecule has 76 valence electrons. The molecule has 1 aromatic carbocycles. The molecule has 1 aromatic rings. The molecule has 1 aliphatic rings. The highest BCUT2D eigenvalue weighted by atomic mass is 19.1. The van der Waals surface area contributed by atoms with E-state index >= 15 is 0 Å². The Hall–Kier alpha value is -1.09. The van der Waals surface area contributed by atoms with Crippen molar-refractivity contribution >= 4 is 5.69 Å². The van der Waals surface area contributed by atoms with Crippen LogP contribution in [-0.2, 0) is 0 Å². The lowest BCUT2D eigenvalue weighted by molar-refractivity contribution is 0.373. The smallest absolute Gasteiger partial charge is 0.125 e. The van der Waals surface area contributed by atoms with Crippen LogP contribution in [0.4, 0.5) is 10.1 Å². The Kier molecular flexibility index (Phi) is 2.42. The second-order valence-corrected chi connectivity index (χ2v) is 4.09. The molecule has 0 amide bonds. The van der Waals surface area contributed by atoms with Crippen LogP contribution in [0.2, 0.25) is 0 Å². The van der Waals surface area contributed by atoms with Crippen LogP contribution in [0.15, 0.2) is 18.2 Å². The summed E-state index contributed by atoms with van der Waals surface area (Å²) in [6.07, 6.45) is 1.96. The zero-order chi connectivity index (χ0) is 10.1. The lowest BCUT2D eigenvalue weighted by Crippen LogP contribution is -2.44. The number of nitrogens with one attached hydrogen (secondary N) is 1. The van der Waals surface area contributed by atoms with Gasteiger partial charge in [-0.1, -0.05) is 0 Å². The highest BCUT2D eigenvalue weighted by Gasteiger charge is 2.25. The monoisotopic (exact) mass is 194 g/mol. The van der Waals surface area contributed by atoms with Gasteiger partial charge >= 0.3 is 0 Å². The van der Waals surface area contributed by atoms with Gasteiger partial charge in [-0.05, 0) is 43.5 Å². The number of anilines is 1. The van der Waals surface area contributed by atoms with Crippen LogP contribution < -0.4 is 11.1 Å². The Balaban J connectivity index is 2.02. The van der Waals surface area contributed by atoms with Crippen LogP contribution in [0, 0.1) is 12.7 Å². The van der Waals surface area contributed by atoms with Gasteiger partial charge in [0.1, 0.15) is 5.82 Å². The number of rotatable bonds is 2. The van der Waals surface area contributed by atoms with Gasteiger partial charge in [-0.3, -0.25) is 0 Å². The predicted molar refractivity (Wildman–Crippen MR) is 55.8 cm³/mol. The summed E-state index contributed by atoms with van der Waals surface area (Å²) in [6, 6.07) is 5.75. The third-order valence-electron chi connectivity index (χ3n) is 2.59. The van der Waals surface area contributed by atoms with E-state index < -0.39 is 0 Å². The third-order valence-corrected chi connectivity index (χ3v) is 2.59. The summed E-state index contributed by atoms with van der Waals surface area (Å²) in [7, 11) is 0. The minimum atomic E-state index is -0.184. The second kappa shape index (κ2) is 3.58. The maximum atomic E-state index is 13.0. The molecular weight excluding hydrogens is 179 g/mol. The fraction of sp³-hybridized carbons (Fsp3) is 0.455. The molecule has 2 nitrogen and oxygen atoms in total. The molecule has 0 heterocycles. The van der Waals surface area contributed by atoms with Crippen molar-refractivity contribution < 1.29 is 4.39 Å². The summed E-state index contributed by atoms with van der Waals surface area (Å²) in [5.74, 6) is -0.184. The van der Waals surface area contributed by atoms with Gasteiger partial charge in [0.25, 0.3) is 0 Å².